The molecule has 0 aliphatic heterocycles. The highest BCUT2D eigenvalue weighted by Crippen LogP contribution is 2.28. The molecule has 6 heteroatoms. The lowest BCUT2D eigenvalue weighted by atomic mass is 10.2. The van der Waals surface area contributed by atoms with E-state index in [1.54, 1.807) is 0 Å². The van der Waals surface area contributed by atoms with E-state index in [0.29, 0.717) is 5.95 Å². The van der Waals surface area contributed by atoms with Crippen LogP contribution in [0.2, 0.25) is 0 Å². The topological polar surface area (TPSA) is 78.6 Å². The summed E-state index contributed by atoms with van der Waals surface area (Å²) in [4.78, 5) is 15.9. The minimum Gasteiger partial charge on any atom is -0.457 e. The third-order valence-electron chi connectivity index (χ3n) is 4.63. The van der Waals surface area contributed by atoms with E-state index in [0.717, 1.165) is 51.4 Å². The van der Waals surface area contributed by atoms with Gasteiger partial charge in [-0.1, -0.05) is 25.1 Å². The average Bonchev–Trinajstić information content (AvgIpc) is 3.32. The Morgan fingerprint density at radius 2 is 1.82 bits per heavy atom. The molecule has 0 unspecified atom stereocenters. The average molecular weight is 369 g/mol. The Morgan fingerprint density at radius 1 is 0.929 bits per heavy atom. The number of fused-ring (bicyclic) bond motifs is 2. The molecule has 0 aliphatic rings. The molecule has 0 saturated carbocycles. The van der Waals surface area contributed by atoms with Gasteiger partial charge in [-0.3, -0.25) is 0 Å². The molecule has 0 saturated heterocycles. The molecule has 5 rings (SSSR count). The van der Waals surface area contributed by atoms with Crippen molar-refractivity contribution < 1.29 is 4.74 Å². The van der Waals surface area contributed by atoms with Gasteiger partial charge in [-0.05, 0) is 42.8 Å². The zero-order valence-electron chi connectivity index (χ0n) is 15.4. The third-order valence-corrected chi connectivity index (χ3v) is 4.63. The minimum absolute atomic E-state index is 0.663. The van der Waals surface area contributed by atoms with Crippen molar-refractivity contribution in [1.82, 2.24) is 19.9 Å². The molecule has 3 aromatic heterocycles. The van der Waals surface area contributed by atoms with Gasteiger partial charge >= 0.3 is 0 Å². The molecule has 0 aliphatic carbocycles. The maximum atomic E-state index is 5.90. The summed E-state index contributed by atoms with van der Waals surface area (Å²) in [5.74, 6) is 2.23. The molecule has 3 heterocycles. The smallest absolute Gasteiger partial charge is 0.205 e. The summed E-state index contributed by atoms with van der Waals surface area (Å²) in [6, 6.07) is 19.6. The molecular formula is C22H19N5O. The number of rotatable bonds is 5. The van der Waals surface area contributed by atoms with Gasteiger partial charge in [0.25, 0.3) is 0 Å². The molecule has 0 bridgehead atoms. The van der Waals surface area contributed by atoms with Crippen molar-refractivity contribution in [1.29, 1.82) is 0 Å². The van der Waals surface area contributed by atoms with Gasteiger partial charge in [-0.15, -0.1) is 0 Å². The first-order valence-electron chi connectivity index (χ1n) is 9.25. The maximum absolute atomic E-state index is 5.90. The van der Waals surface area contributed by atoms with E-state index in [4.69, 9.17) is 9.72 Å². The monoisotopic (exact) mass is 369 g/mol. The number of aromatic nitrogens is 4. The number of nitrogens with zero attached hydrogens (tertiary/aromatic N) is 2. The lowest BCUT2D eigenvalue weighted by Crippen LogP contribution is -1.93. The zero-order valence-corrected chi connectivity index (χ0v) is 15.4. The Hall–Kier alpha value is -3.80. The lowest BCUT2D eigenvalue weighted by Gasteiger charge is -2.04. The van der Waals surface area contributed by atoms with Crippen LogP contribution in [0, 0.1) is 0 Å². The zero-order chi connectivity index (χ0) is 18.9. The summed E-state index contributed by atoms with van der Waals surface area (Å²) in [5, 5.41) is 3.34. The van der Waals surface area contributed by atoms with Crippen LogP contribution in [0.1, 0.15) is 12.6 Å². The number of benzene rings is 2. The first kappa shape index (κ1) is 16.4. The van der Waals surface area contributed by atoms with Gasteiger partial charge in [0.15, 0.2) is 0 Å². The van der Waals surface area contributed by atoms with Gasteiger partial charge in [0.1, 0.15) is 17.0 Å². The van der Waals surface area contributed by atoms with Crippen LogP contribution < -0.4 is 10.1 Å². The predicted octanol–water partition coefficient (Wildman–Crippen LogP) is 5.54. The molecule has 0 amide bonds. The van der Waals surface area contributed by atoms with E-state index in [-0.39, 0.29) is 0 Å². The van der Waals surface area contributed by atoms with Crippen LogP contribution in [-0.4, -0.2) is 19.9 Å². The maximum Gasteiger partial charge on any atom is 0.205 e. The van der Waals surface area contributed by atoms with E-state index in [1.807, 2.05) is 60.8 Å². The summed E-state index contributed by atoms with van der Waals surface area (Å²) in [6.45, 7) is 2.10. The van der Waals surface area contributed by atoms with Crippen molar-refractivity contribution in [2.45, 2.75) is 13.3 Å². The van der Waals surface area contributed by atoms with E-state index in [9.17, 15) is 0 Å². The molecule has 5 aromatic rings. The molecule has 28 heavy (non-hydrogen) atoms. The molecule has 0 spiro atoms. The van der Waals surface area contributed by atoms with Crippen LogP contribution in [-0.2, 0) is 6.42 Å². The largest absolute Gasteiger partial charge is 0.457 e. The van der Waals surface area contributed by atoms with Gasteiger partial charge in [0.2, 0.25) is 5.95 Å². The second-order valence-corrected chi connectivity index (χ2v) is 6.56. The summed E-state index contributed by atoms with van der Waals surface area (Å²) < 4.78 is 5.90. The fourth-order valence-corrected chi connectivity index (χ4v) is 3.20. The van der Waals surface area contributed by atoms with Crippen LogP contribution in [0.4, 0.5) is 11.6 Å². The summed E-state index contributed by atoms with van der Waals surface area (Å²) in [6.07, 6.45) is 2.81. The lowest BCUT2D eigenvalue weighted by molar-refractivity contribution is 0.483. The van der Waals surface area contributed by atoms with Crippen molar-refractivity contribution in [2.24, 2.45) is 0 Å². The van der Waals surface area contributed by atoms with Gasteiger partial charge in [-0.25, -0.2) is 9.97 Å². The van der Waals surface area contributed by atoms with E-state index in [1.165, 1.54) is 0 Å². The standard InChI is InChI=1S/C22H19N5O/c1-2-14-8-10-18-21(24-14)20(13-23-18)27-22-25-17-11-9-16(12-19(17)26-22)28-15-6-4-3-5-7-15/h3-13,23H,2H2,1H3,(H2,25,26,27). The number of hydrogen-bond acceptors (Lipinski definition) is 4. The Labute approximate surface area is 161 Å². The third kappa shape index (κ3) is 3.05. The van der Waals surface area contributed by atoms with Crippen molar-refractivity contribution in [3.05, 3.63) is 72.6 Å². The summed E-state index contributed by atoms with van der Waals surface area (Å²) in [5.41, 5.74) is 5.62. The van der Waals surface area contributed by atoms with Crippen molar-refractivity contribution >= 4 is 33.7 Å². The first-order valence-corrected chi connectivity index (χ1v) is 9.25. The molecule has 3 N–H and O–H groups in total. The quantitative estimate of drug-likeness (QED) is 0.380. The van der Waals surface area contributed by atoms with Crippen LogP contribution in [0.25, 0.3) is 22.1 Å². The highest BCUT2D eigenvalue weighted by molar-refractivity contribution is 5.91. The number of aromatic amines is 2. The number of ether oxygens (including phenoxy) is 1. The molecule has 0 fully saturated rings. The van der Waals surface area contributed by atoms with E-state index >= 15 is 0 Å². The normalized spacial score (nSPS) is 11.2. The molecule has 138 valence electrons. The Kier molecular flexibility index (Phi) is 3.94. The number of H-pyrrole nitrogens is 2. The van der Waals surface area contributed by atoms with E-state index < -0.39 is 0 Å². The van der Waals surface area contributed by atoms with Gasteiger partial charge in [-0.2, -0.15) is 0 Å². The van der Waals surface area contributed by atoms with Crippen LogP contribution in [0.3, 0.4) is 0 Å². The highest BCUT2D eigenvalue weighted by Gasteiger charge is 2.10. The molecule has 0 radical (unpaired) electrons. The first-order chi connectivity index (χ1) is 13.8. The van der Waals surface area contributed by atoms with Crippen LogP contribution >= 0.6 is 0 Å². The van der Waals surface area contributed by atoms with E-state index in [2.05, 4.69) is 33.3 Å². The number of hydrogen-bond donors (Lipinski definition) is 3. The Balaban J connectivity index is 1.44. The fourth-order valence-electron chi connectivity index (χ4n) is 3.20. The second kappa shape index (κ2) is 6.74. The van der Waals surface area contributed by atoms with Crippen LogP contribution in [0.15, 0.2) is 66.9 Å². The predicted molar refractivity (Wildman–Crippen MR) is 111 cm³/mol. The van der Waals surface area contributed by atoms with Crippen LogP contribution in [0.5, 0.6) is 11.5 Å². The highest BCUT2D eigenvalue weighted by atomic mass is 16.5. The number of para-hydroxylation sites is 1. The van der Waals surface area contributed by atoms with Crippen molar-refractivity contribution in [2.75, 3.05) is 5.32 Å². The Morgan fingerprint density at radius 3 is 2.68 bits per heavy atom. The number of imidazole rings is 1. The molecular weight excluding hydrogens is 350 g/mol. The summed E-state index contributed by atoms with van der Waals surface area (Å²) >= 11 is 0. The number of aryl methyl sites for hydroxylation is 1. The molecule has 2 aromatic carbocycles. The SMILES string of the molecule is CCc1ccc2[nH]cc(Nc3nc4ccc(Oc5ccccc5)cc4[nH]3)c2n1. The number of anilines is 2. The second-order valence-electron chi connectivity index (χ2n) is 6.56. The number of pyridine rings is 1. The summed E-state index contributed by atoms with van der Waals surface area (Å²) in [7, 11) is 0. The van der Waals surface area contributed by atoms with Crippen molar-refractivity contribution in [3.8, 4) is 11.5 Å². The number of nitrogens with one attached hydrogen (secondary N) is 3. The van der Waals surface area contributed by atoms with Crippen molar-refractivity contribution in [3.63, 3.8) is 0 Å². The Bertz CT molecular complexity index is 1260. The minimum atomic E-state index is 0.663. The molecule has 6 nitrogen and oxygen atoms in total. The van der Waals surface area contributed by atoms with Gasteiger partial charge in [0, 0.05) is 18.0 Å². The molecule has 0 atom stereocenters. The van der Waals surface area contributed by atoms with Gasteiger partial charge < -0.3 is 20.0 Å². The van der Waals surface area contributed by atoms with Gasteiger partial charge in [0.05, 0.1) is 22.2 Å². The fraction of sp³-hybridized carbons (Fsp3) is 0.0909.